The Morgan fingerprint density at radius 2 is 1.72 bits per heavy atom. The molecule has 2 aromatic carbocycles. The van der Waals surface area contributed by atoms with Crippen molar-refractivity contribution in [3.63, 3.8) is 0 Å². The topological polar surface area (TPSA) is 58.6 Å². The van der Waals surface area contributed by atoms with Gasteiger partial charge in [0, 0.05) is 17.6 Å². The molecule has 0 unspecified atom stereocenters. The van der Waals surface area contributed by atoms with Gasteiger partial charge in [-0.15, -0.1) is 0 Å². The van der Waals surface area contributed by atoms with Crippen molar-refractivity contribution in [2.24, 2.45) is 0 Å². The van der Waals surface area contributed by atoms with Gasteiger partial charge in [0.2, 0.25) is 5.91 Å². The van der Waals surface area contributed by atoms with E-state index in [1.54, 1.807) is 43.3 Å². The Morgan fingerprint density at radius 3 is 2.34 bits per heavy atom. The van der Waals surface area contributed by atoms with E-state index in [0.29, 0.717) is 15.8 Å². The van der Waals surface area contributed by atoms with Gasteiger partial charge in [-0.1, -0.05) is 54.4 Å². The highest BCUT2D eigenvalue weighted by Crippen LogP contribution is 2.23. The van der Waals surface area contributed by atoms with Crippen LogP contribution in [0.2, 0.25) is 10.0 Å². The average molecular weight is 437 g/mol. The van der Waals surface area contributed by atoms with Crippen molar-refractivity contribution in [1.29, 1.82) is 0 Å². The molecule has 0 aliphatic carbocycles. The number of carbonyl (C=O) groups is 2. The number of ether oxygens (including phenoxy) is 1. The maximum Gasteiger partial charge on any atom is 0.261 e. The van der Waals surface area contributed by atoms with Crippen LogP contribution in [-0.4, -0.2) is 35.4 Å². The lowest BCUT2D eigenvalue weighted by atomic mass is 10.1. The van der Waals surface area contributed by atoms with Gasteiger partial charge in [0.15, 0.2) is 6.61 Å². The second kappa shape index (κ2) is 11.1. The Bertz CT molecular complexity index is 827. The summed E-state index contributed by atoms with van der Waals surface area (Å²) >= 11 is 12.0. The van der Waals surface area contributed by atoms with Gasteiger partial charge in [0.25, 0.3) is 5.91 Å². The highest BCUT2D eigenvalue weighted by atomic mass is 35.5. The molecule has 29 heavy (non-hydrogen) atoms. The molecule has 0 bridgehead atoms. The van der Waals surface area contributed by atoms with Crippen LogP contribution in [0.15, 0.2) is 48.5 Å². The average Bonchev–Trinajstić information content (AvgIpc) is 2.71. The van der Waals surface area contributed by atoms with Crippen molar-refractivity contribution < 1.29 is 14.3 Å². The van der Waals surface area contributed by atoms with Crippen molar-refractivity contribution in [3.8, 4) is 5.75 Å². The fourth-order valence-corrected chi connectivity index (χ4v) is 2.94. The van der Waals surface area contributed by atoms with E-state index in [1.165, 1.54) is 4.90 Å². The summed E-state index contributed by atoms with van der Waals surface area (Å²) in [6.45, 7) is 5.66. The molecule has 0 fully saturated rings. The number of halogens is 2. The number of carbonyl (C=O) groups excluding carboxylic acids is 2. The first-order valence-electron chi connectivity index (χ1n) is 9.53. The van der Waals surface area contributed by atoms with Crippen molar-refractivity contribution in [2.75, 3.05) is 6.61 Å². The van der Waals surface area contributed by atoms with Crippen LogP contribution in [0, 0.1) is 0 Å². The Morgan fingerprint density at radius 1 is 1.07 bits per heavy atom. The van der Waals surface area contributed by atoms with E-state index in [-0.39, 0.29) is 31.0 Å². The van der Waals surface area contributed by atoms with Crippen LogP contribution in [0.25, 0.3) is 0 Å². The molecule has 2 atom stereocenters. The van der Waals surface area contributed by atoms with Crippen LogP contribution in [0.5, 0.6) is 5.75 Å². The first kappa shape index (κ1) is 23.0. The standard InChI is InChI=1S/C22H26Cl2N2O3/c1-4-15(2)25-22(28)16(3)26(13-17-9-11-18(23)12-10-17)21(27)14-29-20-8-6-5-7-19(20)24/h5-12,15-16H,4,13-14H2,1-3H3,(H,25,28)/t15-,16-/m0/s1. The predicted octanol–water partition coefficient (Wildman–Crippen LogP) is 4.70. The summed E-state index contributed by atoms with van der Waals surface area (Å²) in [5, 5.41) is 3.96. The monoisotopic (exact) mass is 436 g/mol. The summed E-state index contributed by atoms with van der Waals surface area (Å²) in [5.41, 5.74) is 0.865. The van der Waals surface area contributed by atoms with Gasteiger partial charge in [0.1, 0.15) is 11.8 Å². The van der Waals surface area contributed by atoms with Crippen molar-refractivity contribution in [1.82, 2.24) is 10.2 Å². The molecule has 2 amide bonds. The highest BCUT2D eigenvalue weighted by Gasteiger charge is 2.27. The van der Waals surface area contributed by atoms with E-state index in [2.05, 4.69) is 5.32 Å². The molecule has 0 aliphatic heterocycles. The first-order valence-corrected chi connectivity index (χ1v) is 10.3. The first-order chi connectivity index (χ1) is 13.8. The van der Waals surface area contributed by atoms with Gasteiger partial charge in [0.05, 0.1) is 5.02 Å². The van der Waals surface area contributed by atoms with Crippen LogP contribution in [0.3, 0.4) is 0 Å². The van der Waals surface area contributed by atoms with E-state index < -0.39 is 6.04 Å². The van der Waals surface area contributed by atoms with Gasteiger partial charge in [-0.2, -0.15) is 0 Å². The minimum Gasteiger partial charge on any atom is -0.482 e. The number of para-hydroxylation sites is 1. The molecule has 0 saturated heterocycles. The smallest absolute Gasteiger partial charge is 0.261 e. The van der Waals surface area contributed by atoms with Crippen LogP contribution >= 0.6 is 23.2 Å². The molecule has 0 radical (unpaired) electrons. The molecular formula is C22H26Cl2N2O3. The number of amides is 2. The van der Waals surface area contributed by atoms with Crippen molar-refractivity contribution in [3.05, 3.63) is 64.1 Å². The SMILES string of the molecule is CC[C@H](C)NC(=O)[C@H](C)N(Cc1ccc(Cl)cc1)C(=O)COc1ccccc1Cl. The summed E-state index contributed by atoms with van der Waals surface area (Å²) in [4.78, 5) is 27.1. The summed E-state index contributed by atoms with van der Waals surface area (Å²) in [5.74, 6) is -0.100. The molecule has 7 heteroatoms. The van der Waals surface area contributed by atoms with Gasteiger partial charge in [-0.25, -0.2) is 0 Å². The third kappa shape index (κ3) is 6.94. The van der Waals surface area contributed by atoms with E-state index >= 15 is 0 Å². The van der Waals surface area contributed by atoms with Crippen molar-refractivity contribution >= 4 is 35.0 Å². The summed E-state index contributed by atoms with van der Waals surface area (Å²) in [6, 6.07) is 13.5. The largest absolute Gasteiger partial charge is 0.482 e. The fourth-order valence-electron chi connectivity index (χ4n) is 2.62. The third-order valence-electron chi connectivity index (χ3n) is 4.62. The lowest BCUT2D eigenvalue weighted by molar-refractivity contribution is -0.142. The molecule has 1 N–H and O–H groups in total. The van der Waals surface area contributed by atoms with Crippen LogP contribution in [-0.2, 0) is 16.1 Å². The zero-order valence-electron chi connectivity index (χ0n) is 16.8. The fraction of sp³-hybridized carbons (Fsp3) is 0.364. The van der Waals surface area contributed by atoms with E-state index in [4.69, 9.17) is 27.9 Å². The van der Waals surface area contributed by atoms with Gasteiger partial charge in [-0.05, 0) is 50.1 Å². The molecule has 2 rings (SSSR count). The minimum atomic E-state index is -0.665. The van der Waals surface area contributed by atoms with Gasteiger partial charge >= 0.3 is 0 Å². The number of rotatable bonds is 9. The van der Waals surface area contributed by atoms with E-state index in [0.717, 1.165) is 12.0 Å². The van der Waals surface area contributed by atoms with Crippen molar-refractivity contribution in [2.45, 2.75) is 45.8 Å². The summed E-state index contributed by atoms with van der Waals surface area (Å²) in [7, 11) is 0. The van der Waals surface area contributed by atoms with Crippen LogP contribution < -0.4 is 10.1 Å². The lowest BCUT2D eigenvalue weighted by Gasteiger charge is -2.29. The Kier molecular flexibility index (Phi) is 8.80. The number of benzene rings is 2. The summed E-state index contributed by atoms with van der Waals surface area (Å²) < 4.78 is 5.59. The second-order valence-corrected chi connectivity index (χ2v) is 7.70. The lowest BCUT2D eigenvalue weighted by Crippen LogP contribution is -2.50. The molecule has 2 aromatic rings. The van der Waals surface area contributed by atoms with Gasteiger partial charge < -0.3 is 15.0 Å². The maximum atomic E-state index is 13.0. The normalized spacial score (nSPS) is 12.7. The molecule has 0 aromatic heterocycles. The highest BCUT2D eigenvalue weighted by molar-refractivity contribution is 6.32. The molecule has 156 valence electrons. The maximum absolute atomic E-state index is 13.0. The molecule has 0 heterocycles. The zero-order valence-corrected chi connectivity index (χ0v) is 18.3. The molecule has 0 aliphatic rings. The molecule has 5 nitrogen and oxygen atoms in total. The van der Waals surface area contributed by atoms with E-state index in [1.807, 2.05) is 26.0 Å². The molecule has 0 saturated carbocycles. The number of nitrogens with one attached hydrogen (secondary N) is 1. The minimum absolute atomic E-state index is 0.0248. The zero-order chi connectivity index (χ0) is 21.4. The van der Waals surface area contributed by atoms with Crippen LogP contribution in [0.1, 0.15) is 32.8 Å². The Hall–Kier alpha value is -2.24. The molecular weight excluding hydrogens is 411 g/mol. The number of hydrogen-bond donors (Lipinski definition) is 1. The second-order valence-electron chi connectivity index (χ2n) is 6.86. The van der Waals surface area contributed by atoms with E-state index in [9.17, 15) is 9.59 Å². The van der Waals surface area contributed by atoms with Gasteiger partial charge in [-0.3, -0.25) is 9.59 Å². The quantitative estimate of drug-likeness (QED) is 0.619. The number of nitrogens with zero attached hydrogens (tertiary/aromatic N) is 1. The van der Waals surface area contributed by atoms with Crippen LogP contribution in [0.4, 0.5) is 0 Å². The molecule has 0 spiro atoms. The summed E-state index contributed by atoms with van der Waals surface area (Å²) in [6.07, 6.45) is 0.805. The Balaban J connectivity index is 2.15. The Labute approximate surface area is 181 Å². The third-order valence-corrected chi connectivity index (χ3v) is 5.19. The predicted molar refractivity (Wildman–Crippen MR) is 116 cm³/mol. The number of hydrogen-bond acceptors (Lipinski definition) is 3.